The Morgan fingerprint density at radius 2 is 1.84 bits per heavy atom. The SMILES string of the molecule is Cc1ccc(OCC(=O)NCCOc2ccc3nnc(-c4ccccc4)n3n2)c(C)c1. The summed E-state index contributed by atoms with van der Waals surface area (Å²) in [6.45, 7) is 4.53. The summed E-state index contributed by atoms with van der Waals surface area (Å²) in [6, 6.07) is 19.1. The van der Waals surface area contributed by atoms with Crippen molar-refractivity contribution in [1.82, 2.24) is 25.1 Å². The van der Waals surface area contributed by atoms with Crippen LogP contribution in [0.1, 0.15) is 11.1 Å². The molecule has 0 aliphatic carbocycles. The van der Waals surface area contributed by atoms with Crippen LogP contribution in [0, 0.1) is 13.8 Å². The molecule has 0 unspecified atom stereocenters. The number of rotatable bonds is 8. The first-order valence-corrected chi connectivity index (χ1v) is 9.97. The van der Waals surface area contributed by atoms with Crippen molar-refractivity contribution in [1.29, 1.82) is 0 Å². The second kappa shape index (κ2) is 9.25. The van der Waals surface area contributed by atoms with Crippen molar-refractivity contribution < 1.29 is 14.3 Å². The summed E-state index contributed by atoms with van der Waals surface area (Å²) < 4.78 is 12.9. The van der Waals surface area contributed by atoms with Gasteiger partial charge in [0.2, 0.25) is 5.88 Å². The lowest BCUT2D eigenvalue weighted by Crippen LogP contribution is -2.32. The van der Waals surface area contributed by atoms with Crippen LogP contribution in [0.3, 0.4) is 0 Å². The normalized spacial score (nSPS) is 10.8. The Morgan fingerprint density at radius 3 is 2.65 bits per heavy atom. The van der Waals surface area contributed by atoms with Crippen molar-refractivity contribution in [2.45, 2.75) is 13.8 Å². The van der Waals surface area contributed by atoms with Gasteiger partial charge in [0.25, 0.3) is 5.91 Å². The molecular formula is C23H23N5O3. The van der Waals surface area contributed by atoms with Gasteiger partial charge in [-0.05, 0) is 31.5 Å². The summed E-state index contributed by atoms with van der Waals surface area (Å²) in [5.41, 5.74) is 3.70. The van der Waals surface area contributed by atoms with E-state index < -0.39 is 0 Å². The van der Waals surface area contributed by atoms with E-state index >= 15 is 0 Å². The monoisotopic (exact) mass is 417 g/mol. The lowest BCUT2D eigenvalue weighted by Gasteiger charge is -2.10. The molecule has 8 nitrogen and oxygen atoms in total. The van der Waals surface area contributed by atoms with Gasteiger partial charge in [-0.3, -0.25) is 4.79 Å². The summed E-state index contributed by atoms with van der Waals surface area (Å²) in [6.07, 6.45) is 0. The summed E-state index contributed by atoms with van der Waals surface area (Å²) >= 11 is 0. The molecule has 0 aliphatic rings. The maximum Gasteiger partial charge on any atom is 0.258 e. The zero-order chi connectivity index (χ0) is 21.6. The maximum atomic E-state index is 12.0. The molecule has 0 bridgehead atoms. The van der Waals surface area contributed by atoms with Gasteiger partial charge in [-0.25, -0.2) is 0 Å². The predicted molar refractivity (Wildman–Crippen MR) is 116 cm³/mol. The van der Waals surface area contributed by atoms with Gasteiger partial charge in [0.15, 0.2) is 18.1 Å². The maximum absolute atomic E-state index is 12.0. The number of fused-ring (bicyclic) bond motifs is 1. The minimum atomic E-state index is -0.211. The standard InChI is InChI=1S/C23H23N5O3/c1-16-8-9-19(17(2)14-16)31-15-21(29)24-12-13-30-22-11-10-20-25-26-23(28(20)27-22)18-6-4-3-5-7-18/h3-11,14H,12-13,15H2,1-2H3,(H,24,29). The van der Waals surface area contributed by atoms with Crippen molar-refractivity contribution in [3.05, 3.63) is 71.8 Å². The first kappa shape index (κ1) is 20.3. The van der Waals surface area contributed by atoms with E-state index in [1.807, 2.05) is 62.4 Å². The van der Waals surface area contributed by atoms with Crippen molar-refractivity contribution in [2.24, 2.45) is 0 Å². The molecule has 2 aromatic carbocycles. The van der Waals surface area contributed by atoms with Gasteiger partial charge < -0.3 is 14.8 Å². The topological polar surface area (TPSA) is 90.6 Å². The number of amides is 1. The third-order valence-corrected chi connectivity index (χ3v) is 4.63. The minimum absolute atomic E-state index is 0.0464. The number of hydrogen-bond acceptors (Lipinski definition) is 6. The lowest BCUT2D eigenvalue weighted by atomic mass is 10.1. The zero-order valence-electron chi connectivity index (χ0n) is 17.4. The van der Waals surface area contributed by atoms with Crippen LogP contribution in [-0.4, -0.2) is 45.5 Å². The molecular weight excluding hydrogens is 394 g/mol. The molecule has 4 aromatic rings. The quantitative estimate of drug-likeness (QED) is 0.443. The molecule has 0 spiro atoms. The summed E-state index contributed by atoms with van der Waals surface area (Å²) in [5, 5.41) is 15.6. The van der Waals surface area contributed by atoms with E-state index in [0.29, 0.717) is 29.6 Å². The molecule has 1 N–H and O–H groups in total. The van der Waals surface area contributed by atoms with Crippen LogP contribution in [0.4, 0.5) is 0 Å². The number of hydrogen-bond donors (Lipinski definition) is 1. The molecule has 0 saturated carbocycles. The highest BCUT2D eigenvalue weighted by atomic mass is 16.5. The number of aryl methyl sites for hydroxylation is 2. The fourth-order valence-corrected chi connectivity index (χ4v) is 3.12. The Labute approximate surface area is 179 Å². The summed E-state index contributed by atoms with van der Waals surface area (Å²) in [4.78, 5) is 12.0. The number of aromatic nitrogens is 4. The largest absolute Gasteiger partial charge is 0.484 e. The van der Waals surface area contributed by atoms with Crippen LogP contribution in [0.5, 0.6) is 11.6 Å². The van der Waals surface area contributed by atoms with Crippen LogP contribution >= 0.6 is 0 Å². The van der Waals surface area contributed by atoms with Gasteiger partial charge >= 0.3 is 0 Å². The fraction of sp³-hybridized carbons (Fsp3) is 0.217. The smallest absolute Gasteiger partial charge is 0.258 e. The minimum Gasteiger partial charge on any atom is -0.484 e. The van der Waals surface area contributed by atoms with Gasteiger partial charge in [-0.15, -0.1) is 15.3 Å². The zero-order valence-corrected chi connectivity index (χ0v) is 17.4. The highest BCUT2D eigenvalue weighted by Gasteiger charge is 2.10. The van der Waals surface area contributed by atoms with E-state index in [-0.39, 0.29) is 19.1 Å². The van der Waals surface area contributed by atoms with E-state index in [9.17, 15) is 4.79 Å². The van der Waals surface area contributed by atoms with Crippen molar-refractivity contribution in [3.8, 4) is 23.0 Å². The van der Waals surface area contributed by atoms with Gasteiger partial charge in [0, 0.05) is 11.6 Å². The molecule has 8 heteroatoms. The van der Waals surface area contributed by atoms with Crippen LogP contribution in [-0.2, 0) is 4.79 Å². The molecule has 31 heavy (non-hydrogen) atoms. The third kappa shape index (κ3) is 4.98. The number of benzene rings is 2. The van der Waals surface area contributed by atoms with Crippen LogP contribution in [0.25, 0.3) is 17.0 Å². The average Bonchev–Trinajstić information content (AvgIpc) is 3.20. The molecule has 0 fully saturated rings. The fourth-order valence-electron chi connectivity index (χ4n) is 3.12. The van der Waals surface area contributed by atoms with E-state index in [0.717, 1.165) is 16.7 Å². The van der Waals surface area contributed by atoms with E-state index in [1.54, 1.807) is 16.6 Å². The Bertz CT molecular complexity index is 1190. The Hall–Kier alpha value is -3.94. The number of carbonyl (C=O) groups excluding carboxylic acids is 1. The van der Waals surface area contributed by atoms with Crippen LogP contribution in [0.2, 0.25) is 0 Å². The first-order chi connectivity index (χ1) is 15.1. The van der Waals surface area contributed by atoms with Crippen LogP contribution in [0.15, 0.2) is 60.7 Å². The van der Waals surface area contributed by atoms with Crippen molar-refractivity contribution in [3.63, 3.8) is 0 Å². The molecule has 1 amide bonds. The van der Waals surface area contributed by atoms with Gasteiger partial charge in [0.1, 0.15) is 12.4 Å². The molecule has 2 aromatic heterocycles. The molecule has 2 heterocycles. The second-order valence-corrected chi connectivity index (χ2v) is 7.09. The van der Waals surface area contributed by atoms with Crippen molar-refractivity contribution in [2.75, 3.05) is 19.8 Å². The molecule has 4 rings (SSSR count). The number of carbonyl (C=O) groups is 1. The molecule has 0 radical (unpaired) electrons. The highest BCUT2D eigenvalue weighted by Crippen LogP contribution is 2.19. The third-order valence-electron chi connectivity index (χ3n) is 4.63. The summed E-state index contributed by atoms with van der Waals surface area (Å²) in [7, 11) is 0. The van der Waals surface area contributed by atoms with E-state index in [1.165, 1.54) is 0 Å². The predicted octanol–water partition coefficient (Wildman–Crippen LogP) is 2.98. The van der Waals surface area contributed by atoms with Gasteiger partial charge in [0.05, 0.1) is 6.54 Å². The lowest BCUT2D eigenvalue weighted by molar-refractivity contribution is -0.123. The van der Waals surface area contributed by atoms with Gasteiger partial charge in [-0.1, -0.05) is 48.0 Å². The second-order valence-electron chi connectivity index (χ2n) is 7.09. The molecule has 0 saturated heterocycles. The Morgan fingerprint density at radius 1 is 1.00 bits per heavy atom. The number of nitrogens with one attached hydrogen (secondary N) is 1. The Kier molecular flexibility index (Phi) is 6.07. The summed E-state index contributed by atoms with van der Waals surface area (Å²) in [5.74, 6) is 1.55. The molecule has 0 atom stereocenters. The van der Waals surface area contributed by atoms with Crippen molar-refractivity contribution >= 4 is 11.6 Å². The molecule has 0 aliphatic heterocycles. The molecule has 158 valence electrons. The number of ether oxygens (including phenoxy) is 2. The first-order valence-electron chi connectivity index (χ1n) is 9.97. The highest BCUT2D eigenvalue weighted by molar-refractivity contribution is 5.77. The average molecular weight is 417 g/mol. The Balaban J connectivity index is 1.28. The van der Waals surface area contributed by atoms with E-state index in [4.69, 9.17) is 9.47 Å². The number of nitrogens with zero attached hydrogens (tertiary/aromatic N) is 4. The van der Waals surface area contributed by atoms with Crippen LogP contribution < -0.4 is 14.8 Å². The van der Waals surface area contributed by atoms with Gasteiger partial charge in [-0.2, -0.15) is 4.52 Å². The van der Waals surface area contributed by atoms with E-state index in [2.05, 4.69) is 20.6 Å².